The van der Waals surface area contributed by atoms with E-state index in [0.29, 0.717) is 18.6 Å². The Morgan fingerprint density at radius 2 is 1.79 bits per heavy atom. The van der Waals surface area contributed by atoms with Gasteiger partial charge in [-0.2, -0.15) is 0 Å². The molecule has 0 amide bonds. The molecule has 4 rings (SSSR count). The lowest BCUT2D eigenvalue weighted by molar-refractivity contribution is 0.0724. The van der Waals surface area contributed by atoms with Crippen molar-refractivity contribution >= 4 is 11.6 Å². The summed E-state index contributed by atoms with van der Waals surface area (Å²) < 4.78 is 1.88. The van der Waals surface area contributed by atoms with E-state index >= 15 is 0 Å². The summed E-state index contributed by atoms with van der Waals surface area (Å²) in [4.78, 5) is 22.6. The number of nitrogens with zero attached hydrogens (tertiary/aromatic N) is 4. The summed E-state index contributed by atoms with van der Waals surface area (Å²) in [5.41, 5.74) is 4.10. The number of anilines is 2. The van der Waals surface area contributed by atoms with Crippen molar-refractivity contribution in [3.8, 4) is 0 Å². The molecule has 1 aliphatic heterocycles. The molecular formula is C23H32N4O. The third-order valence-electron chi connectivity index (χ3n) is 6.70. The van der Waals surface area contributed by atoms with Crippen LogP contribution in [0.1, 0.15) is 56.4 Å². The maximum absolute atomic E-state index is 13.1. The Bertz CT molecular complexity index is 902. The van der Waals surface area contributed by atoms with E-state index in [0.717, 1.165) is 36.0 Å². The fourth-order valence-corrected chi connectivity index (χ4v) is 4.70. The van der Waals surface area contributed by atoms with Gasteiger partial charge in [0, 0.05) is 23.0 Å². The highest BCUT2D eigenvalue weighted by Crippen LogP contribution is 2.34. The van der Waals surface area contributed by atoms with Crippen LogP contribution in [0.25, 0.3) is 0 Å². The van der Waals surface area contributed by atoms with Crippen LogP contribution >= 0.6 is 0 Å². The van der Waals surface area contributed by atoms with Gasteiger partial charge in [-0.1, -0.05) is 38.8 Å². The number of aryl methyl sites for hydroxylation is 2. The fraction of sp³-hybridized carbons (Fsp3) is 0.565. The molecule has 2 unspecified atom stereocenters. The van der Waals surface area contributed by atoms with Crippen molar-refractivity contribution in [2.75, 3.05) is 11.6 Å². The normalized spacial score (nSPS) is 22.9. The molecule has 2 atom stereocenters. The quantitative estimate of drug-likeness (QED) is 0.793. The number of rotatable bonds is 3. The molecule has 1 saturated carbocycles. The number of aromatic nitrogens is 2. The Morgan fingerprint density at radius 3 is 2.46 bits per heavy atom. The fourth-order valence-electron chi connectivity index (χ4n) is 4.70. The third kappa shape index (κ3) is 3.37. The van der Waals surface area contributed by atoms with Crippen molar-refractivity contribution < 1.29 is 0 Å². The van der Waals surface area contributed by atoms with Crippen molar-refractivity contribution in [1.82, 2.24) is 14.5 Å². The molecule has 150 valence electrons. The molecule has 1 fully saturated rings. The van der Waals surface area contributed by atoms with Gasteiger partial charge in [-0.15, -0.1) is 0 Å². The molecule has 2 aromatic rings. The second-order valence-electron chi connectivity index (χ2n) is 8.50. The lowest BCUT2D eigenvalue weighted by Crippen LogP contribution is -2.53. The van der Waals surface area contributed by atoms with Gasteiger partial charge < -0.3 is 0 Å². The highest BCUT2D eigenvalue weighted by atomic mass is 16.1. The van der Waals surface area contributed by atoms with Crippen molar-refractivity contribution in [1.29, 1.82) is 0 Å². The molecule has 5 heteroatoms. The number of benzene rings is 1. The Hall–Kier alpha value is -2.14. The Balaban J connectivity index is 1.78. The highest BCUT2D eigenvalue weighted by Gasteiger charge is 2.34. The first-order valence-corrected chi connectivity index (χ1v) is 10.7. The van der Waals surface area contributed by atoms with Crippen LogP contribution in [0.3, 0.4) is 0 Å². The van der Waals surface area contributed by atoms with Crippen LogP contribution in [-0.4, -0.2) is 27.2 Å². The van der Waals surface area contributed by atoms with Crippen LogP contribution in [-0.2, 0) is 13.1 Å². The van der Waals surface area contributed by atoms with Gasteiger partial charge in [-0.25, -0.2) is 4.98 Å². The van der Waals surface area contributed by atoms with E-state index in [1.54, 1.807) is 0 Å². The number of fused-ring (bicyclic) bond motifs is 1. The zero-order valence-corrected chi connectivity index (χ0v) is 17.6. The molecule has 1 aliphatic carbocycles. The highest BCUT2D eigenvalue weighted by molar-refractivity contribution is 5.59. The van der Waals surface area contributed by atoms with Crippen LogP contribution < -0.4 is 10.5 Å². The van der Waals surface area contributed by atoms with Gasteiger partial charge in [0.1, 0.15) is 0 Å². The Kier molecular flexibility index (Phi) is 5.28. The van der Waals surface area contributed by atoms with E-state index < -0.39 is 0 Å². The summed E-state index contributed by atoms with van der Waals surface area (Å²) in [5, 5.41) is 0. The summed E-state index contributed by atoms with van der Waals surface area (Å²) in [5.74, 6) is 1.44. The van der Waals surface area contributed by atoms with E-state index in [2.05, 4.69) is 47.9 Å². The average Bonchev–Trinajstić information content (AvgIpc) is 2.72. The Morgan fingerprint density at radius 1 is 1.07 bits per heavy atom. The lowest BCUT2D eigenvalue weighted by atomic mass is 9.85. The monoisotopic (exact) mass is 380 g/mol. The first-order valence-electron chi connectivity index (χ1n) is 10.7. The van der Waals surface area contributed by atoms with Crippen LogP contribution in [0, 0.1) is 19.8 Å². The maximum atomic E-state index is 13.1. The average molecular weight is 381 g/mol. The number of hydrogen-bond donors (Lipinski definition) is 0. The second-order valence-corrected chi connectivity index (χ2v) is 8.50. The third-order valence-corrected chi connectivity index (χ3v) is 6.70. The van der Waals surface area contributed by atoms with Crippen LogP contribution in [0.5, 0.6) is 0 Å². The molecule has 0 N–H and O–H groups in total. The largest absolute Gasteiger partial charge is 0.298 e. The smallest absolute Gasteiger partial charge is 0.259 e. The molecule has 5 nitrogen and oxygen atoms in total. The van der Waals surface area contributed by atoms with Gasteiger partial charge in [0.25, 0.3) is 5.56 Å². The van der Waals surface area contributed by atoms with E-state index in [1.165, 1.54) is 31.2 Å². The topological polar surface area (TPSA) is 41.4 Å². The van der Waals surface area contributed by atoms with Crippen molar-refractivity contribution in [3.63, 3.8) is 0 Å². The minimum Gasteiger partial charge on any atom is -0.298 e. The molecule has 1 aromatic carbocycles. The van der Waals surface area contributed by atoms with Gasteiger partial charge in [-0.05, 0) is 56.7 Å². The zero-order valence-electron chi connectivity index (χ0n) is 17.6. The van der Waals surface area contributed by atoms with Gasteiger partial charge in [0.05, 0.1) is 13.3 Å². The molecule has 2 heterocycles. The zero-order chi connectivity index (χ0) is 19.8. The summed E-state index contributed by atoms with van der Waals surface area (Å²) >= 11 is 0. The maximum Gasteiger partial charge on any atom is 0.259 e. The summed E-state index contributed by atoms with van der Waals surface area (Å²) in [6, 6.07) is 9.21. The first-order chi connectivity index (χ1) is 13.5. The van der Waals surface area contributed by atoms with Gasteiger partial charge in [0.2, 0.25) is 5.95 Å². The van der Waals surface area contributed by atoms with Crippen molar-refractivity contribution in [3.05, 3.63) is 51.4 Å². The molecule has 1 aromatic heterocycles. The molecule has 0 bridgehead atoms. The first kappa shape index (κ1) is 19.2. The molecule has 0 saturated heterocycles. The van der Waals surface area contributed by atoms with Gasteiger partial charge >= 0.3 is 0 Å². The summed E-state index contributed by atoms with van der Waals surface area (Å²) in [6.45, 7) is 9.79. The summed E-state index contributed by atoms with van der Waals surface area (Å²) in [6.07, 6.45) is 6.12. The van der Waals surface area contributed by atoms with Crippen LogP contribution in [0.15, 0.2) is 29.1 Å². The van der Waals surface area contributed by atoms with Gasteiger partial charge in [-0.3, -0.25) is 19.2 Å². The Labute approximate surface area is 168 Å². The second kappa shape index (κ2) is 7.70. The number of hydrogen-bond acceptors (Lipinski definition) is 4. The van der Waals surface area contributed by atoms with Crippen molar-refractivity contribution in [2.24, 2.45) is 5.92 Å². The van der Waals surface area contributed by atoms with Gasteiger partial charge in [0.15, 0.2) is 0 Å². The van der Waals surface area contributed by atoms with E-state index in [9.17, 15) is 4.79 Å². The van der Waals surface area contributed by atoms with E-state index in [4.69, 9.17) is 4.98 Å². The SMILES string of the molecule is CCc1ccc(N2CN(C3CCCCC3C)Cn3c2nc(C)c(C)c3=O)cc1. The van der Waals surface area contributed by atoms with Crippen LogP contribution in [0.2, 0.25) is 0 Å². The minimum absolute atomic E-state index is 0.0887. The molecular weight excluding hydrogens is 348 g/mol. The lowest BCUT2D eigenvalue weighted by Gasteiger charge is -2.45. The standard InChI is InChI=1S/C23H32N4O/c1-5-19-10-12-20(13-11-19)26-14-25(21-9-7-6-8-16(21)2)15-27-22(28)17(3)18(4)24-23(26)27/h10-13,16,21H,5-9,14-15H2,1-4H3. The molecule has 2 aliphatic rings. The van der Waals surface area contributed by atoms with E-state index in [-0.39, 0.29) is 5.56 Å². The van der Waals surface area contributed by atoms with Crippen LogP contribution in [0.4, 0.5) is 11.6 Å². The molecule has 0 radical (unpaired) electrons. The van der Waals surface area contributed by atoms with Crippen molar-refractivity contribution in [2.45, 2.75) is 72.5 Å². The minimum atomic E-state index is 0.0887. The van der Waals surface area contributed by atoms with E-state index in [1.807, 2.05) is 18.4 Å². The summed E-state index contributed by atoms with van der Waals surface area (Å²) in [7, 11) is 0. The molecule has 28 heavy (non-hydrogen) atoms. The molecule has 0 spiro atoms. The predicted octanol–water partition coefficient (Wildman–Crippen LogP) is 4.37. The predicted molar refractivity (Wildman–Crippen MR) is 114 cm³/mol.